The van der Waals surface area contributed by atoms with Crippen molar-refractivity contribution in [3.8, 4) is 0 Å². The number of hydrogen-bond acceptors (Lipinski definition) is 2. The Hall–Kier alpha value is -2.16. The lowest BCUT2D eigenvalue weighted by Gasteiger charge is -2.06. The number of carboxylic acids is 1. The van der Waals surface area contributed by atoms with Gasteiger partial charge in [0.1, 0.15) is 0 Å². The van der Waals surface area contributed by atoms with Gasteiger partial charge in [-0.3, -0.25) is 9.59 Å². The third-order valence-corrected chi connectivity index (χ3v) is 3.30. The van der Waals surface area contributed by atoms with Crippen LogP contribution in [0.15, 0.2) is 36.4 Å². The molecular weight excluding hydrogens is 216 g/mol. The largest absolute Gasteiger partial charge is 0.481 e. The molecule has 1 aliphatic carbocycles. The van der Waals surface area contributed by atoms with Crippen molar-refractivity contribution in [3.63, 3.8) is 0 Å². The zero-order valence-electron chi connectivity index (χ0n) is 9.01. The summed E-state index contributed by atoms with van der Waals surface area (Å²) >= 11 is 0. The van der Waals surface area contributed by atoms with E-state index in [1.807, 2.05) is 30.3 Å². The van der Waals surface area contributed by atoms with Gasteiger partial charge in [0.05, 0.1) is 5.92 Å². The SMILES string of the molecule is O=C1CC(C(=O)O)c2ccc3ccccc3c21. The van der Waals surface area contributed by atoms with Gasteiger partial charge in [0.25, 0.3) is 0 Å². The van der Waals surface area contributed by atoms with Gasteiger partial charge >= 0.3 is 5.97 Å². The second-order valence-electron chi connectivity index (χ2n) is 4.27. The van der Waals surface area contributed by atoms with Crippen molar-refractivity contribution in [1.82, 2.24) is 0 Å². The molecule has 0 aliphatic heterocycles. The summed E-state index contributed by atoms with van der Waals surface area (Å²) in [4.78, 5) is 23.0. The zero-order valence-corrected chi connectivity index (χ0v) is 9.01. The Morgan fingerprint density at radius 1 is 1.18 bits per heavy atom. The minimum absolute atomic E-state index is 0.0656. The van der Waals surface area contributed by atoms with Gasteiger partial charge in [-0.05, 0) is 16.3 Å². The fourth-order valence-electron chi connectivity index (χ4n) is 2.51. The first-order valence-electron chi connectivity index (χ1n) is 5.46. The summed E-state index contributed by atoms with van der Waals surface area (Å²) in [7, 11) is 0. The molecule has 0 saturated heterocycles. The number of fused-ring (bicyclic) bond motifs is 3. The third kappa shape index (κ3) is 1.35. The van der Waals surface area contributed by atoms with E-state index in [9.17, 15) is 9.59 Å². The van der Waals surface area contributed by atoms with Crippen LogP contribution in [0.2, 0.25) is 0 Å². The van der Waals surface area contributed by atoms with Crippen LogP contribution in [0.3, 0.4) is 0 Å². The molecule has 1 aliphatic rings. The number of carbonyl (C=O) groups excluding carboxylic acids is 1. The van der Waals surface area contributed by atoms with Crippen LogP contribution in [0.1, 0.15) is 28.3 Å². The lowest BCUT2D eigenvalue weighted by molar-refractivity contribution is -0.138. The minimum atomic E-state index is -0.924. The van der Waals surface area contributed by atoms with Crippen molar-refractivity contribution in [3.05, 3.63) is 47.5 Å². The van der Waals surface area contributed by atoms with Gasteiger partial charge < -0.3 is 5.11 Å². The average Bonchev–Trinajstić information content (AvgIpc) is 2.67. The molecule has 0 bridgehead atoms. The number of rotatable bonds is 1. The van der Waals surface area contributed by atoms with Gasteiger partial charge in [-0.1, -0.05) is 36.4 Å². The van der Waals surface area contributed by atoms with Crippen LogP contribution >= 0.6 is 0 Å². The van der Waals surface area contributed by atoms with Gasteiger partial charge in [0.15, 0.2) is 5.78 Å². The predicted octanol–water partition coefficient (Wildman–Crippen LogP) is 2.59. The summed E-state index contributed by atoms with van der Waals surface area (Å²) in [6.45, 7) is 0. The minimum Gasteiger partial charge on any atom is -0.481 e. The van der Waals surface area contributed by atoms with Crippen molar-refractivity contribution in [2.45, 2.75) is 12.3 Å². The van der Waals surface area contributed by atoms with Crippen LogP contribution in [0.4, 0.5) is 0 Å². The molecule has 0 heterocycles. The van der Waals surface area contributed by atoms with E-state index in [1.165, 1.54) is 0 Å². The number of carboxylic acid groups (broad SMARTS) is 1. The molecule has 0 fully saturated rings. The molecule has 84 valence electrons. The van der Waals surface area contributed by atoms with Crippen molar-refractivity contribution < 1.29 is 14.7 Å². The van der Waals surface area contributed by atoms with Crippen molar-refractivity contribution >= 4 is 22.5 Å². The summed E-state index contributed by atoms with van der Waals surface area (Å²) < 4.78 is 0. The molecule has 0 aromatic heterocycles. The maximum Gasteiger partial charge on any atom is 0.311 e. The van der Waals surface area contributed by atoms with Crippen LogP contribution < -0.4 is 0 Å². The predicted molar refractivity (Wildman–Crippen MR) is 63.3 cm³/mol. The zero-order chi connectivity index (χ0) is 12.0. The van der Waals surface area contributed by atoms with Gasteiger partial charge in [0.2, 0.25) is 0 Å². The van der Waals surface area contributed by atoms with E-state index in [1.54, 1.807) is 6.07 Å². The van der Waals surface area contributed by atoms with Crippen molar-refractivity contribution in [1.29, 1.82) is 0 Å². The van der Waals surface area contributed by atoms with E-state index in [2.05, 4.69) is 0 Å². The normalized spacial score (nSPS) is 18.4. The van der Waals surface area contributed by atoms with E-state index in [4.69, 9.17) is 5.11 Å². The third-order valence-electron chi connectivity index (χ3n) is 3.30. The van der Waals surface area contributed by atoms with Gasteiger partial charge in [-0.2, -0.15) is 0 Å². The monoisotopic (exact) mass is 226 g/mol. The van der Waals surface area contributed by atoms with Crippen LogP contribution in [0, 0.1) is 0 Å². The molecule has 0 saturated carbocycles. The molecule has 2 aromatic carbocycles. The van der Waals surface area contributed by atoms with Crippen LogP contribution in [0.25, 0.3) is 10.8 Å². The number of benzene rings is 2. The van der Waals surface area contributed by atoms with Crippen molar-refractivity contribution in [2.24, 2.45) is 0 Å². The number of aliphatic carboxylic acids is 1. The Kier molecular flexibility index (Phi) is 2.01. The smallest absolute Gasteiger partial charge is 0.311 e. The van der Waals surface area contributed by atoms with E-state index in [0.29, 0.717) is 11.1 Å². The topological polar surface area (TPSA) is 54.4 Å². The molecule has 0 radical (unpaired) electrons. The van der Waals surface area contributed by atoms with E-state index in [-0.39, 0.29) is 12.2 Å². The second kappa shape index (κ2) is 3.42. The van der Waals surface area contributed by atoms with Crippen LogP contribution in [-0.2, 0) is 4.79 Å². The van der Waals surface area contributed by atoms with E-state index < -0.39 is 11.9 Å². The number of Topliss-reactive ketones (excluding diaryl/α,β-unsaturated/α-hetero) is 1. The summed E-state index contributed by atoms with van der Waals surface area (Å²) in [5, 5.41) is 10.9. The Balaban J connectivity index is 2.34. The highest BCUT2D eigenvalue weighted by atomic mass is 16.4. The molecule has 1 N–H and O–H groups in total. The van der Waals surface area contributed by atoms with Gasteiger partial charge in [0, 0.05) is 12.0 Å². The van der Waals surface area contributed by atoms with Crippen molar-refractivity contribution in [2.75, 3.05) is 0 Å². The Bertz CT molecular complexity index is 643. The van der Waals surface area contributed by atoms with Gasteiger partial charge in [-0.15, -0.1) is 0 Å². The second-order valence-corrected chi connectivity index (χ2v) is 4.27. The maximum absolute atomic E-state index is 11.9. The molecule has 1 atom stereocenters. The first kappa shape index (κ1) is 10.0. The molecule has 0 spiro atoms. The Morgan fingerprint density at radius 3 is 2.71 bits per heavy atom. The van der Waals surface area contributed by atoms with Crippen LogP contribution in [-0.4, -0.2) is 16.9 Å². The number of carbonyl (C=O) groups is 2. The Labute approximate surface area is 97.7 Å². The highest BCUT2D eigenvalue weighted by molar-refractivity contribution is 6.14. The highest BCUT2D eigenvalue weighted by Gasteiger charge is 2.35. The molecule has 3 heteroatoms. The van der Waals surface area contributed by atoms with E-state index >= 15 is 0 Å². The summed E-state index contributed by atoms with van der Waals surface area (Å²) in [6.07, 6.45) is 0.0820. The number of ketones is 1. The standard InChI is InChI=1S/C14H10O3/c15-12-7-11(14(16)17)10-6-5-8-3-1-2-4-9(8)13(10)12/h1-6,11H,7H2,(H,16,17). The molecule has 3 nitrogen and oxygen atoms in total. The first-order chi connectivity index (χ1) is 8.18. The number of hydrogen-bond donors (Lipinski definition) is 1. The van der Waals surface area contributed by atoms with Crippen LogP contribution in [0.5, 0.6) is 0 Å². The molecule has 17 heavy (non-hydrogen) atoms. The maximum atomic E-state index is 11.9. The fraction of sp³-hybridized carbons (Fsp3) is 0.143. The summed E-state index contributed by atoms with van der Waals surface area (Å²) in [6, 6.07) is 11.2. The Morgan fingerprint density at radius 2 is 1.94 bits per heavy atom. The summed E-state index contributed by atoms with van der Waals surface area (Å²) in [5.74, 6) is -1.67. The molecule has 1 unspecified atom stereocenters. The molecule has 0 amide bonds. The lowest BCUT2D eigenvalue weighted by atomic mass is 9.97. The molecule has 2 aromatic rings. The fourth-order valence-corrected chi connectivity index (χ4v) is 2.51. The van der Waals surface area contributed by atoms with E-state index in [0.717, 1.165) is 10.8 Å². The van der Waals surface area contributed by atoms with Gasteiger partial charge in [-0.25, -0.2) is 0 Å². The molecule has 3 rings (SSSR count). The molecular formula is C14H10O3. The lowest BCUT2D eigenvalue weighted by Crippen LogP contribution is -2.08. The first-order valence-corrected chi connectivity index (χ1v) is 5.46. The average molecular weight is 226 g/mol. The highest BCUT2D eigenvalue weighted by Crippen LogP contribution is 2.37. The quantitative estimate of drug-likeness (QED) is 0.813. The summed E-state index contributed by atoms with van der Waals surface area (Å²) in [5.41, 5.74) is 1.25.